The average Bonchev–Trinajstić information content (AvgIpc) is 3.14. The molecule has 0 aliphatic heterocycles. The molecule has 0 radical (unpaired) electrons. The van der Waals surface area contributed by atoms with Crippen molar-refractivity contribution in [1.82, 2.24) is 19.7 Å². The molecule has 0 amide bonds. The zero-order valence-electron chi connectivity index (χ0n) is 14.7. The van der Waals surface area contributed by atoms with Gasteiger partial charge in [-0.3, -0.25) is 9.55 Å². The van der Waals surface area contributed by atoms with E-state index in [1.165, 1.54) is 5.56 Å². The average molecular weight is 393 g/mol. The third-order valence-corrected chi connectivity index (χ3v) is 5.67. The van der Waals surface area contributed by atoms with Crippen molar-refractivity contribution in [3.8, 4) is 17.1 Å². The molecule has 0 saturated heterocycles. The van der Waals surface area contributed by atoms with Crippen LogP contribution in [0.2, 0.25) is 5.02 Å². The van der Waals surface area contributed by atoms with Crippen LogP contribution in [0.1, 0.15) is 11.1 Å². The summed E-state index contributed by atoms with van der Waals surface area (Å²) in [5, 5.41) is 10.5. The highest BCUT2D eigenvalue weighted by Gasteiger charge is 2.18. The quantitative estimate of drug-likeness (QED) is 0.415. The molecule has 0 aliphatic rings. The van der Waals surface area contributed by atoms with E-state index in [2.05, 4.69) is 31.9 Å². The second-order valence-corrected chi connectivity index (χ2v) is 7.39. The molecule has 134 valence electrons. The van der Waals surface area contributed by atoms with E-state index >= 15 is 0 Å². The van der Waals surface area contributed by atoms with Gasteiger partial charge in [0.25, 0.3) is 0 Å². The van der Waals surface area contributed by atoms with E-state index in [0.29, 0.717) is 0 Å². The molecule has 0 bridgehead atoms. The summed E-state index contributed by atoms with van der Waals surface area (Å²) in [5.41, 5.74) is 4.18. The molecule has 0 unspecified atom stereocenters. The molecular formula is C21H17ClN4S. The predicted octanol–water partition coefficient (Wildman–Crippen LogP) is 5.58. The lowest BCUT2D eigenvalue weighted by molar-refractivity contribution is 0.880. The summed E-state index contributed by atoms with van der Waals surface area (Å²) < 4.78 is 2.07. The number of rotatable bonds is 5. The minimum Gasteiger partial charge on any atom is -0.270 e. The molecule has 27 heavy (non-hydrogen) atoms. The number of aromatic nitrogens is 4. The highest BCUT2D eigenvalue weighted by atomic mass is 35.5. The first-order valence-electron chi connectivity index (χ1n) is 8.52. The largest absolute Gasteiger partial charge is 0.270 e. The Morgan fingerprint density at radius 2 is 1.70 bits per heavy atom. The number of hydrogen-bond acceptors (Lipinski definition) is 4. The van der Waals surface area contributed by atoms with Gasteiger partial charge in [0, 0.05) is 28.7 Å². The van der Waals surface area contributed by atoms with E-state index in [-0.39, 0.29) is 0 Å². The van der Waals surface area contributed by atoms with Crippen molar-refractivity contribution >= 4 is 23.4 Å². The van der Waals surface area contributed by atoms with Crippen LogP contribution >= 0.6 is 23.4 Å². The van der Waals surface area contributed by atoms with Crippen LogP contribution in [0.5, 0.6) is 0 Å². The van der Waals surface area contributed by atoms with Crippen molar-refractivity contribution in [3.63, 3.8) is 0 Å². The zero-order valence-corrected chi connectivity index (χ0v) is 16.3. The van der Waals surface area contributed by atoms with Crippen molar-refractivity contribution in [2.24, 2.45) is 0 Å². The minimum absolute atomic E-state index is 0.723. The summed E-state index contributed by atoms with van der Waals surface area (Å²) in [4.78, 5) is 4.10. The lowest BCUT2D eigenvalue weighted by Gasteiger charge is -2.14. The molecule has 0 spiro atoms. The highest BCUT2D eigenvalue weighted by Crippen LogP contribution is 2.32. The number of thioether (sulfide) groups is 1. The van der Waals surface area contributed by atoms with Gasteiger partial charge in [0.1, 0.15) is 0 Å². The third-order valence-electron chi connectivity index (χ3n) is 4.26. The van der Waals surface area contributed by atoms with E-state index in [9.17, 15) is 0 Å². The first-order chi connectivity index (χ1) is 13.2. The SMILES string of the molecule is Cc1c(Cl)cccc1-n1c(SCc2ccccc2)nnc1-c1ccncc1. The molecule has 0 saturated carbocycles. The fraction of sp³-hybridized carbons (Fsp3) is 0.0952. The van der Waals surface area contributed by atoms with Crippen molar-refractivity contribution in [2.45, 2.75) is 17.8 Å². The number of pyridine rings is 1. The van der Waals surface area contributed by atoms with Crippen molar-refractivity contribution < 1.29 is 0 Å². The maximum atomic E-state index is 6.38. The summed E-state index contributed by atoms with van der Waals surface area (Å²) in [7, 11) is 0. The van der Waals surface area contributed by atoms with Crippen LogP contribution in [0.4, 0.5) is 0 Å². The second kappa shape index (κ2) is 7.94. The van der Waals surface area contributed by atoms with E-state index in [0.717, 1.165) is 38.6 Å². The standard InChI is InChI=1S/C21H17ClN4S/c1-15-18(22)8-5-9-19(15)26-20(17-10-12-23-13-11-17)24-25-21(26)27-14-16-6-3-2-4-7-16/h2-13H,14H2,1H3. The first-order valence-corrected chi connectivity index (χ1v) is 9.88. The number of benzene rings is 2. The molecular weight excluding hydrogens is 376 g/mol. The lowest BCUT2D eigenvalue weighted by Crippen LogP contribution is -2.02. The van der Waals surface area contributed by atoms with Crippen LogP contribution in [0, 0.1) is 6.92 Å². The van der Waals surface area contributed by atoms with Crippen LogP contribution in [-0.4, -0.2) is 19.7 Å². The van der Waals surface area contributed by atoms with Gasteiger partial charge in [-0.1, -0.05) is 59.8 Å². The summed E-state index contributed by atoms with van der Waals surface area (Å²) in [6.07, 6.45) is 3.52. The van der Waals surface area contributed by atoms with Gasteiger partial charge in [-0.05, 0) is 42.3 Å². The molecule has 2 heterocycles. The van der Waals surface area contributed by atoms with E-state index in [1.54, 1.807) is 24.2 Å². The van der Waals surface area contributed by atoms with Crippen LogP contribution in [0.25, 0.3) is 17.1 Å². The highest BCUT2D eigenvalue weighted by molar-refractivity contribution is 7.98. The Hall–Kier alpha value is -2.63. The molecule has 6 heteroatoms. The first kappa shape index (κ1) is 17.8. The molecule has 4 aromatic rings. The maximum absolute atomic E-state index is 6.38. The monoisotopic (exact) mass is 392 g/mol. The fourth-order valence-electron chi connectivity index (χ4n) is 2.83. The third kappa shape index (κ3) is 3.75. The van der Waals surface area contributed by atoms with Crippen LogP contribution in [-0.2, 0) is 5.75 Å². The van der Waals surface area contributed by atoms with Crippen LogP contribution in [0.3, 0.4) is 0 Å². The Morgan fingerprint density at radius 1 is 0.926 bits per heavy atom. The number of nitrogens with zero attached hydrogens (tertiary/aromatic N) is 4. The second-order valence-electron chi connectivity index (χ2n) is 6.04. The van der Waals surface area contributed by atoms with Crippen molar-refractivity contribution in [1.29, 1.82) is 0 Å². The normalized spacial score (nSPS) is 10.9. The topological polar surface area (TPSA) is 43.6 Å². The Balaban J connectivity index is 1.80. The molecule has 4 rings (SSSR count). The van der Waals surface area contributed by atoms with E-state index < -0.39 is 0 Å². The van der Waals surface area contributed by atoms with Gasteiger partial charge in [0.05, 0.1) is 5.69 Å². The summed E-state index contributed by atoms with van der Waals surface area (Å²) in [6, 6.07) is 20.1. The van der Waals surface area contributed by atoms with Gasteiger partial charge in [-0.2, -0.15) is 0 Å². The van der Waals surface area contributed by atoms with Crippen LogP contribution in [0.15, 0.2) is 78.2 Å². The Labute approximate surface area is 167 Å². The zero-order chi connectivity index (χ0) is 18.6. The fourth-order valence-corrected chi connectivity index (χ4v) is 3.90. The molecule has 4 nitrogen and oxygen atoms in total. The van der Waals surface area contributed by atoms with Gasteiger partial charge >= 0.3 is 0 Å². The summed E-state index contributed by atoms with van der Waals surface area (Å²) in [6.45, 7) is 2.01. The molecule has 0 N–H and O–H groups in total. The maximum Gasteiger partial charge on any atom is 0.196 e. The Morgan fingerprint density at radius 3 is 2.48 bits per heavy atom. The molecule has 0 atom stereocenters. The van der Waals surface area contributed by atoms with E-state index in [1.807, 2.05) is 55.5 Å². The Kier molecular flexibility index (Phi) is 5.23. The van der Waals surface area contributed by atoms with Crippen LogP contribution < -0.4 is 0 Å². The smallest absolute Gasteiger partial charge is 0.196 e. The minimum atomic E-state index is 0.723. The summed E-state index contributed by atoms with van der Waals surface area (Å²) >= 11 is 8.04. The predicted molar refractivity (Wildman–Crippen MR) is 110 cm³/mol. The summed E-state index contributed by atoms with van der Waals surface area (Å²) in [5.74, 6) is 1.59. The van der Waals surface area contributed by atoms with Gasteiger partial charge in [-0.25, -0.2) is 0 Å². The number of halogens is 1. The van der Waals surface area contributed by atoms with Gasteiger partial charge < -0.3 is 0 Å². The lowest BCUT2D eigenvalue weighted by atomic mass is 10.2. The van der Waals surface area contributed by atoms with E-state index in [4.69, 9.17) is 11.6 Å². The van der Waals surface area contributed by atoms with Gasteiger partial charge in [0.2, 0.25) is 0 Å². The molecule has 2 aromatic carbocycles. The van der Waals surface area contributed by atoms with Crippen molar-refractivity contribution in [3.05, 3.63) is 89.2 Å². The van der Waals surface area contributed by atoms with Gasteiger partial charge in [-0.15, -0.1) is 10.2 Å². The molecule has 0 aliphatic carbocycles. The molecule has 2 aromatic heterocycles. The van der Waals surface area contributed by atoms with Crippen molar-refractivity contribution in [2.75, 3.05) is 0 Å². The number of hydrogen-bond donors (Lipinski definition) is 0. The van der Waals surface area contributed by atoms with Gasteiger partial charge in [0.15, 0.2) is 11.0 Å². The Bertz CT molecular complexity index is 1050. The molecule has 0 fully saturated rings.